The Morgan fingerprint density at radius 1 is 1.50 bits per heavy atom. The average molecular weight is 190 g/mol. The highest BCUT2D eigenvalue weighted by Gasteiger charge is 2.04. The van der Waals surface area contributed by atoms with Crippen molar-refractivity contribution < 1.29 is 5.11 Å². The molecule has 0 radical (unpaired) electrons. The average Bonchev–Trinajstić information content (AvgIpc) is 2.58. The highest BCUT2D eigenvalue weighted by Crippen LogP contribution is 2.12. The summed E-state index contributed by atoms with van der Waals surface area (Å²) in [6.45, 7) is 1.81. The van der Waals surface area contributed by atoms with E-state index in [1.165, 1.54) is 5.56 Å². The Morgan fingerprint density at radius 2 is 2.36 bits per heavy atom. The van der Waals surface area contributed by atoms with Gasteiger partial charge in [-0.15, -0.1) is 0 Å². The van der Waals surface area contributed by atoms with Gasteiger partial charge in [-0.3, -0.25) is 0 Å². The van der Waals surface area contributed by atoms with Crippen molar-refractivity contribution in [2.75, 3.05) is 0 Å². The molecule has 0 aromatic carbocycles. The lowest BCUT2D eigenvalue weighted by Crippen LogP contribution is -2.01. The quantitative estimate of drug-likeness (QED) is 0.799. The Hall–Kier alpha value is -1.35. The molecule has 0 aliphatic carbocycles. The molecule has 0 saturated carbocycles. The third kappa shape index (κ3) is 1.77. The van der Waals surface area contributed by atoms with Gasteiger partial charge in [-0.05, 0) is 37.5 Å². The van der Waals surface area contributed by atoms with E-state index in [1.54, 1.807) is 0 Å². The zero-order chi connectivity index (χ0) is 9.97. The van der Waals surface area contributed by atoms with Crippen molar-refractivity contribution in [3.63, 3.8) is 0 Å². The Kier molecular flexibility index (Phi) is 2.50. The van der Waals surface area contributed by atoms with Gasteiger partial charge in [0.2, 0.25) is 0 Å². The summed E-state index contributed by atoms with van der Waals surface area (Å²) in [5.41, 5.74) is 2.33. The van der Waals surface area contributed by atoms with Crippen LogP contribution in [0.15, 0.2) is 30.6 Å². The third-order valence-electron chi connectivity index (χ3n) is 2.34. The Labute approximate surface area is 83.0 Å². The van der Waals surface area contributed by atoms with Crippen LogP contribution in [-0.4, -0.2) is 20.8 Å². The summed E-state index contributed by atoms with van der Waals surface area (Å²) in [5, 5.41) is 13.4. The maximum Gasteiger partial charge on any atom is 0.0693 e. The normalized spacial score (nSPS) is 13.3. The lowest BCUT2D eigenvalue weighted by Gasteiger charge is -2.01. The van der Waals surface area contributed by atoms with E-state index in [0.29, 0.717) is 0 Å². The second-order valence-corrected chi connectivity index (χ2v) is 3.59. The van der Waals surface area contributed by atoms with Crippen molar-refractivity contribution in [3.05, 3.63) is 36.2 Å². The third-order valence-corrected chi connectivity index (χ3v) is 2.34. The van der Waals surface area contributed by atoms with Crippen LogP contribution in [0.3, 0.4) is 0 Å². The van der Waals surface area contributed by atoms with E-state index in [2.05, 4.69) is 5.10 Å². The van der Waals surface area contributed by atoms with Crippen LogP contribution in [0.1, 0.15) is 18.9 Å². The minimum atomic E-state index is -0.242. The molecule has 2 rings (SSSR count). The van der Waals surface area contributed by atoms with Gasteiger partial charge in [-0.1, -0.05) is 6.07 Å². The van der Waals surface area contributed by atoms with Crippen LogP contribution >= 0.6 is 0 Å². The lowest BCUT2D eigenvalue weighted by molar-refractivity contribution is 0.185. The van der Waals surface area contributed by atoms with Crippen LogP contribution in [0.5, 0.6) is 0 Å². The summed E-state index contributed by atoms with van der Waals surface area (Å²) < 4.78 is 1.86. The molecule has 2 aromatic rings. The molecular weight excluding hydrogens is 176 g/mol. The molecule has 14 heavy (non-hydrogen) atoms. The van der Waals surface area contributed by atoms with E-state index in [1.807, 2.05) is 42.0 Å². The van der Waals surface area contributed by atoms with E-state index in [9.17, 15) is 5.11 Å². The molecule has 3 nitrogen and oxygen atoms in total. The van der Waals surface area contributed by atoms with E-state index >= 15 is 0 Å². The first-order valence-electron chi connectivity index (χ1n) is 4.86. The number of aliphatic hydroxyl groups is 1. The van der Waals surface area contributed by atoms with Crippen LogP contribution in [-0.2, 0) is 6.42 Å². The van der Waals surface area contributed by atoms with Crippen molar-refractivity contribution in [1.82, 2.24) is 9.61 Å². The van der Waals surface area contributed by atoms with Crippen molar-refractivity contribution in [1.29, 1.82) is 0 Å². The second kappa shape index (κ2) is 3.80. The number of aliphatic hydroxyl groups excluding tert-OH is 1. The molecule has 0 bridgehead atoms. The maximum absolute atomic E-state index is 9.20. The molecular formula is C11H14N2O. The molecule has 0 saturated heterocycles. The van der Waals surface area contributed by atoms with Crippen LogP contribution in [0.25, 0.3) is 5.52 Å². The fraction of sp³-hybridized carbons (Fsp3) is 0.364. The minimum absolute atomic E-state index is 0.242. The topological polar surface area (TPSA) is 37.5 Å². The molecule has 0 fully saturated rings. The lowest BCUT2D eigenvalue weighted by atomic mass is 10.1. The zero-order valence-electron chi connectivity index (χ0n) is 8.22. The van der Waals surface area contributed by atoms with E-state index in [4.69, 9.17) is 0 Å². The summed E-state index contributed by atoms with van der Waals surface area (Å²) in [6, 6.07) is 6.01. The summed E-state index contributed by atoms with van der Waals surface area (Å²) in [5.74, 6) is 0. The van der Waals surface area contributed by atoms with Gasteiger partial charge in [0.15, 0.2) is 0 Å². The molecule has 1 atom stereocenters. The fourth-order valence-corrected chi connectivity index (χ4v) is 1.54. The predicted molar refractivity (Wildman–Crippen MR) is 55.2 cm³/mol. The maximum atomic E-state index is 9.20. The monoisotopic (exact) mass is 190 g/mol. The largest absolute Gasteiger partial charge is 0.393 e. The number of aromatic nitrogens is 2. The predicted octanol–water partition coefficient (Wildman–Crippen LogP) is 1.65. The van der Waals surface area contributed by atoms with Crippen LogP contribution in [0.4, 0.5) is 0 Å². The van der Waals surface area contributed by atoms with Gasteiger partial charge in [0.25, 0.3) is 0 Å². The number of rotatable bonds is 3. The molecule has 2 heterocycles. The molecule has 0 aliphatic rings. The van der Waals surface area contributed by atoms with Crippen LogP contribution in [0.2, 0.25) is 0 Å². The number of nitrogens with zero attached hydrogens (tertiary/aromatic N) is 2. The van der Waals surface area contributed by atoms with Gasteiger partial charge in [0.1, 0.15) is 0 Å². The molecule has 0 amide bonds. The summed E-state index contributed by atoms with van der Waals surface area (Å²) in [6.07, 6.45) is 5.23. The van der Waals surface area contributed by atoms with Crippen LogP contribution < -0.4 is 0 Å². The smallest absolute Gasteiger partial charge is 0.0693 e. The fourth-order valence-electron chi connectivity index (χ4n) is 1.54. The molecule has 0 aliphatic heterocycles. The molecule has 2 aromatic heterocycles. The first kappa shape index (κ1) is 9.21. The van der Waals surface area contributed by atoms with E-state index < -0.39 is 0 Å². The number of hydrogen-bond acceptors (Lipinski definition) is 2. The second-order valence-electron chi connectivity index (χ2n) is 3.59. The highest BCUT2D eigenvalue weighted by atomic mass is 16.3. The minimum Gasteiger partial charge on any atom is -0.393 e. The molecule has 0 spiro atoms. The van der Waals surface area contributed by atoms with Gasteiger partial charge in [-0.25, -0.2) is 4.52 Å². The zero-order valence-corrected chi connectivity index (χ0v) is 8.22. The number of pyridine rings is 1. The van der Waals surface area contributed by atoms with Gasteiger partial charge < -0.3 is 5.11 Å². The summed E-state index contributed by atoms with van der Waals surface area (Å²) in [4.78, 5) is 0. The summed E-state index contributed by atoms with van der Waals surface area (Å²) >= 11 is 0. The van der Waals surface area contributed by atoms with Gasteiger partial charge in [-0.2, -0.15) is 5.10 Å². The number of hydrogen-bond donors (Lipinski definition) is 1. The highest BCUT2D eigenvalue weighted by molar-refractivity contribution is 5.53. The number of aryl methyl sites for hydroxylation is 1. The standard InChI is InChI=1S/C11H14N2O/c1-9(14)5-6-10-8-12-13-7-3-2-4-11(10)13/h2-4,7-9,14H,5-6H2,1H3/t9-/m0/s1. The first-order chi connectivity index (χ1) is 6.77. The molecule has 3 heteroatoms. The molecule has 74 valence electrons. The number of fused-ring (bicyclic) bond motifs is 1. The molecule has 1 N–H and O–H groups in total. The SMILES string of the molecule is C[C@H](O)CCc1cnn2ccccc12. The van der Waals surface area contributed by atoms with E-state index in [-0.39, 0.29) is 6.10 Å². The Balaban J connectivity index is 2.25. The van der Waals surface area contributed by atoms with Crippen molar-refractivity contribution >= 4 is 5.52 Å². The summed E-state index contributed by atoms with van der Waals surface area (Å²) in [7, 11) is 0. The van der Waals surface area contributed by atoms with Crippen molar-refractivity contribution in [3.8, 4) is 0 Å². The van der Waals surface area contributed by atoms with Gasteiger partial charge in [0, 0.05) is 6.20 Å². The Bertz CT molecular complexity index is 420. The first-order valence-corrected chi connectivity index (χ1v) is 4.86. The van der Waals surface area contributed by atoms with Crippen molar-refractivity contribution in [2.24, 2.45) is 0 Å². The van der Waals surface area contributed by atoms with Gasteiger partial charge in [0.05, 0.1) is 17.8 Å². The van der Waals surface area contributed by atoms with Crippen molar-refractivity contribution in [2.45, 2.75) is 25.9 Å². The Morgan fingerprint density at radius 3 is 3.14 bits per heavy atom. The van der Waals surface area contributed by atoms with E-state index in [0.717, 1.165) is 18.4 Å². The van der Waals surface area contributed by atoms with Crippen LogP contribution in [0, 0.1) is 0 Å². The molecule has 0 unspecified atom stereocenters. The van der Waals surface area contributed by atoms with Gasteiger partial charge >= 0.3 is 0 Å².